The van der Waals surface area contributed by atoms with E-state index >= 15 is 0 Å². The molecule has 0 amide bonds. The molecule has 0 saturated heterocycles. The van der Waals surface area contributed by atoms with Gasteiger partial charge in [-0.3, -0.25) is 4.79 Å². The van der Waals surface area contributed by atoms with Gasteiger partial charge in [0, 0.05) is 30.1 Å². The van der Waals surface area contributed by atoms with E-state index in [1.807, 2.05) is 0 Å². The van der Waals surface area contributed by atoms with Gasteiger partial charge in [0.2, 0.25) is 5.56 Å². The molecular formula is C11H9F3N2O. The van der Waals surface area contributed by atoms with Gasteiger partial charge in [-0.15, -0.1) is 0 Å². The largest absolute Gasteiger partial charge is 0.414 e. The van der Waals surface area contributed by atoms with Gasteiger partial charge in [0.1, 0.15) is 0 Å². The van der Waals surface area contributed by atoms with E-state index in [4.69, 9.17) is 0 Å². The van der Waals surface area contributed by atoms with Crippen molar-refractivity contribution in [3.05, 3.63) is 52.0 Å². The van der Waals surface area contributed by atoms with E-state index in [1.165, 1.54) is 18.3 Å². The number of H-pyrrole nitrogens is 1. The second-order valence-corrected chi connectivity index (χ2v) is 3.57. The Labute approximate surface area is 94.7 Å². The van der Waals surface area contributed by atoms with Crippen LogP contribution in [0.5, 0.6) is 0 Å². The number of nitrogens with one attached hydrogen (secondary N) is 2. The highest BCUT2D eigenvalue weighted by atomic mass is 19.4. The number of hydrogen-bond acceptors (Lipinski definition) is 2. The molecule has 0 fully saturated rings. The lowest BCUT2D eigenvalue weighted by Gasteiger charge is -2.19. The van der Waals surface area contributed by atoms with Crippen molar-refractivity contribution in [2.45, 2.75) is 6.18 Å². The fourth-order valence-electron chi connectivity index (χ4n) is 1.50. The van der Waals surface area contributed by atoms with Crippen LogP contribution in [0.2, 0.25) is 0 Å². The quantitative estimate of drug-likeness (QED) is 0.788. The highest BCUT2D eigenvalue weighted by Crippen LogP contribution is 2.27. The molecule has 0 radical (unpaired) electrons. The molecule has 6 heteroatoms. The minimum Gasteiger partial charge on any atom is -0.380 e. The first kappa shape index (κ1) is 11.5. The van der Waals surface area contributed by atoms with Crippen LogP contribution in [-0.4, -0.2) is 17.7 Å². The van der Waals surface area contributed by atoms with E-state index in [1.54, 1.807) is 6.07 Å². The van der Waals surface area contributed by atoms with Crippen molar-refractivity contribution in [2.24, 2.45) is 0 Å². The summed E-state index contributed by atoms with van der Waals surface area (Å²) >= 11 is 0. The first-order valence-electron chi connectivity index (χ1n) is 4.88. The fourth-order valence-corrected chi connectivity index (χ4v) is 1.50. The number of halogens is 3. The van der Waals surface area contributed by atoms with Crippen molar-refractivity contribution in [1.82, 2.24) is 10.3 Å². The molecule has 0 atom stereocenters. The lowest BCUT2D eigenvalue weighted by Crippen LogP contribution is -2.27. The Morgan fingerprint density at radius 2 is 2.00 bits per heavy atom. The predicted molar refractivity (Wildman–Crippen MR) is 57.2 cm³/mol. The fraction of sp³-hybridized carbons (Fsp3) is 0.182. The van der Waals surface area contributed by atoms with Gasteiger partial charge in [0.05, 0.1) is 5.57 Å². The van der Waals surface area contributed by atoms with E-state index < -0.39 is 11.7 Å². The van der Waals surface area contributed by atoms with Gasteiger partial charge < -0.3 is 10.3 Å². The number of pyridine rings is 1. The second kappa shape index (κ2) is 4.12. The number of aromatic nitrogens is 1. The zero-order chi connectivity index (χ0) is 12.5. The van der Waals surface area contributed by atoms with Crippen LogP contribution < -0.4 is 10.9 Å². The summed E-state index contributed by atoms with van der Waals surface area (Å²) in [6.45, 7) is -0.290. The first-order valence-corrected chi connectivity index (χ1v) is 4.88. The van der Waals surface area contributed by atoms with Crippen LogP contribution in [-0.2, 0) is 0 Å². The summed E-state index contributed by atoms with van der Waals surface area (Å²) in [7, 11) is 0. The Morgan fingerprint density at radius 3 is 2.53 bits per heavy atom. The van der Waals surface area contributed by atoms with Crippen molar-refractivity contribution in [2.75, 3.05) is 6.54 Å². The summed E-state index contributed by atoms with van der Waals surface area (Å²) < 4.78 is 37.0. The molecule has 0 aliphatic carbocycles. The molecule has 0 saturated carbocycles. The van der Waals surface area contributed by atoms with E-state index in [0.717, 1.165) is 6.08 Å². The molecule has 0 unspecified atom stereocenters. The number of dihydropyridines is 1. The summed E-state index contributed by atoms with van der Waals surface area (Å²) in [6.07, 6.45) is -0.527. The standard InChI is InChI=1S/C11H9F3N2O/c12-11(13,14)8-1-2-9(16-6-8)7-3-4-15-10(17)5-7/h1-5,16H,6H2,(H,15,17). The maximum absolute atomic E-state index is 12.3. The zero-order valence-corrected chi connectivity index (χ0v) is 8.64. The van der Waals surface area contributed by atoms with Crippen molar-refractivity contribution in [1.29, 1.82) is 0 Å². The van der Waals surface area contributed by atoms with Crippen molar-refractivity contribution in [3.63, 3.8) is 0 Å². The highest BCUT2D eigenvalue weighted by Gasteiger charge is 2.33. The number of aromatic amines is 1. The molecule has 2 heterocycles. The smallest absolute Gasteiger partial charge is 0.380 e. The molecule has 1 aliphatic rings. The Kier molecular flexibility index (Phi) is 2.79. The predicted octanol–water partition coefficient (Wildman–Crippen LogP) is 1.81. The van der Waals surface area contributed by atoms with Crippen molar-refractivity contribution < 1.29 is 13.2 Å². The van der Waals surface area contributed by atoms with Crippen LogP contribution in [0, 0.1) is 0 Å². The molecule has 0 bridgehead atoms. The summed E-state index contributed by atoms with van der Waals surface area (Å²) in [5, 5.41) is 2.64. The van der Waals surface area contributed by atoms with Crippen LogP contribution >= 0.6 is 0 Å². The van der Waals surface area contributed by atoms with Gasteiger partial charge >= 0.3 is 6.18 Å². The van der Waals surface area contributed by atoms with Gasteiger partial charge in [-0.05, 0) is 12.1 Å². The average molecular weight is 242 g/mol. The second-order valence-electron chi connectivity index (χ2n) is 3.57. The third-order valence-corrected chi connectivity index (χ3v) is 2.37. The monoisotopic (exact) mass is 242 g/mol. The molecule has 2 rings (SSSR count). The number of allylic oxidation sites excluding steroid dienone is 2. The van der Waals surface area contributed by atoms with E-state index in [2.05, 4.69) is 10.3 Å². The van der Waals surface area contributed by atoms with Gasteiger partial charge in [0.25, 0.3) is 0 Å². The van der Waals surface area contributed by atoms with Crippen LogP contribution in [0.1, 0.15) is 5.56 Å². The summed E-state index contributed by atoms with van der Waals surface area (Å²) in [5.41, 5.74) is 0.136. The molecule has 1 aromatic rings. The van der Waals surface area contributed by atoms with Crippen LogP contribution in [0.3, 0.4) is 0 Å². The summed E-state index contributed by atoms with van der Waals surface area (Å²) in [6, 6.07) is 2.94. The SMILES string of the molecule is O=c1cc(C2=CC=C(C(F)(F)F)CN2)cc[nH]1. The molecule has 17 heavy (non-hydrogen) atoms. The van der Waals surface area contributed by atoms with E-state index in [9.17, 15) is 18.0 Å². The number of alkyl halides is 3. The maximum Gasteiger partial charge on any atom is 0.414 e. The number of hydrogen-bond donors (Lipinski definition) is 2. The Bertz CT molecular complexity index is 540. The molecule has 1 aliphatic heterocycles. The molecule has 1 aromatic heterocycles. The van der Waals surface area contributed by atoms with E-state index in [0.29, 0.717) is 11.3 Å². The third kappa shape index (κ3) is 2.58. The van der Waals surface area contributed by atoms with E-state index in [-0.39, 0.29) is 12.1 Å². The van der Waals surface area contributed by atoms with Gasteiger partial charge in [-0.1, -0.05) is 6.08 Å². The van der Waals surface area contributed by atoms with Crippen LogP contribution in [0.4, 0.5) is 13.2 Å². The normalized spacial score (nSPS) is 15.9. The Morgan fingerprint density at radius 1 is 1.24 bits per heavy atom. The lowest BCUT2D eigenvalue weighted by atomic mass is 10.1. The van der Waals surface area contributed by atoms with Gasteiger partial charge in [-0.2, -0.15) is 13.2 Å². The molecule has 0 spiro atoms. The molecule has 3 nitrogen and oxygen atoms in total. The van der Waals surface area contributed by atoms with Gasteiger partial charge in [-0.25, -0.2) is 0 Å². The molecule has 2 N–H and O–H groups in total. The topological polar surface area (TPSA) is 44.9 Å². The molecule has 0 aromatic carbocycles. The zero-order valence-electron chi connectivity index (χ0n) is 8.64. The minimum atomic E-state index is -4.32. The molecule has 90 valence electrons. The molecular weight excluding hydrogens is 233 g/mol. The van der Waals surface area contributed by atoms with Crippen molar-refractivity contribution in [3.8, 4) is 0 Å². The van der Waals surface area contributed by atoms with Gasteiger partial charge in [0.15, 0.2) is 0 Å². The first-order chi connectivity index (χ1) is 7.97. The van der Waals surface area contributed by atoms with Crippen LogP contribution in [0.15, 0.2) is 40.8 Å². The average Bonchev–Trinajstić information content (AvgIpc) is 2.28. The third-order valence-electron chi connectivity index (χ3n) is 2.37. The summed E-state index contributed by atoms with van der Waals surface area (Å²) in [5.74, 6) is 0. The highest BCUT2D eigenvalue weighted by molar-refractivity contribution is 5.67. The maximum atomic E-state index is 12.3. The minimum absolute atomic E-state index is 0.290. The Hall–Kier alpha value is -1.98. The Balaban J connectivity index is 2.30. The lowest BCUT2D eigenvalue weighted by molar-refractivity contribution is -0.0927. The van der Waals surface area contributed by atoms with Crippen molar-refractivity contribution >= 4 is 5.70 Å². The summed E-state index contributed by atoms with van der Waals surface area (Å²) in [4.78, 5) is 13.5. The van der Waals surface area contributed by atoms with Crippen LogP contribution in [0.25, 0.3) is 5.70 Å². The number of rotatable bonds is 1.